The number of rotatable bonds is 8. The normalized spacial score (nSPS) is 13.0. The van der Waals surface area contributed by atoms with Crippen LogP contribution < -0.4 is 10.6 Å². The Hall–Kier alpha value is -1.49. The van der Waals surface area contributed by atoms with Crippen molar-refractivity contribution < 1.29 is 9.53 Å². The molecule has 0 spiro atoms. The van der Waals surface area contributed by atoms with E-state index in [-0.39, 0.29) is 12.1 Å². The first-order chi connectivity index (χ1) is 10.3. The van der Waals surface area contributed by atoms with Crippen molar-refractivity contribution in [3.63, 3.8) is 0 Å². The Morgan fingerprint density at radius 1 is 1.41 bits per heavy atom. The van der Waals surface area contributed by atoms with Crippen LogP contribution >= 0.6 is 0 Å². The minimum absolute atomic E-state index is 0.0878. The van der Waals surface area contributed by atoms with Gasteiger partial charge in [-0.1, -0.05) is 6.92 Å². The second-order valence-electron chi connectivity index (χ2n) is 6.71. The van der Waals surface area contributed by atoms with E-state index in [2.05, 4.69) is 40.5 Å². The summed E-state index contributed by atoms with van der Waals surface area (Å²) < 4.78 is 7.52. The highest BCUT2D eigenvalue weighted by molar-refractivity contribution is 5.67. The maximum atomic E-state index is 11.6. The molecular weight excluding hydrogens is 278 g/mol. The van der Waals surface area contributed by atoms with Crippen molar-refractivity contribution in [1.29, 1.82) is 0 Å². The third kappa shape index (κ3) is 7.50. The molecular formula is C17H31N3O2. The van der Waals surface area contributed by atoms with Gasteiger partial charge in [-0.25, -0.2) is 4.79 Å². The van der Waals surface area contributed by atoms with E-state index in [9.17, 15) is 4.79 Å². The molecule has 0 aliphatic carbocycles. The molecule has 0 fully saturated rings. The molecule has 2 N–H and O–H groups in total. The molecule has 1 amide bonds. The molecule has 5 nitrogen and oxygen atoms in total. The Bertz CT molecular complexity index is 449. The molecule has 0 aliphatic heterocycles. The highest BCUT2D eigenvalue weighted by Crippen LogP contribution is 2.07. The van der Waals surface area contributed by atoms with Gasteiger partial charge < -0.3 is 19.9 Å². The molecule has 0 radical (unpaired) electrons. The average molecular weight is 309 g/mol. The van der Waals surface area contributed by atoms with Gasteiger partial charge in [-0.3, -0.25) is 0 Å². The number of nitrogens with one attached hydrogen (secondary N) is 2. The number of hydrogen-bond donors (Lipinski definition) is 2. The van der Waals surface area contributed by atoms with E-state index < -0.39 is 5.60 Å². The monoisotopic (exact) mass is 309 g/mol. The van der Waals surface area contributed by atoms with Crippen LogP contribution in [-0.2, 0) is 17.8 Å². The van der Waals surface area contributed by atoms with Gasteiger partial charge in [-0.05, 0) is 59.2 Å². The molecule has 1 heterocycles. The van der Waals surface area contributed by atoms with Crippen molar-refractivity contribution in [3.8, 4) is 0 Å². The first kappa shape index (κ1) is 18.6. The molecule has 0 saturated carbocycles. The van der Waals surface area contributed by atoms with E-state index in [4.69, 9.17) is 4.74 Å². The van der Waals surface area contributed by atoms with Crippen LogP contribution in [0.3, 0.4) is 0 Å². The number of nitrogens with zero attached hydrogens (tertiary/aromatic N) is 1. The molecule has 1 aromatic rings. The molecule has 126 valence electrons. The molecule has 0 aliphatic rings. The maximum absolute atomic E-state index is 11.6. The van der Waals surface area contributed by atoms with Crippen molar-refractivity contribution in [1.82, 2.24) is 15.2 Å². The third-order valence-corrected chi connectivity index (χ3v) is 3.21. The SMILES string of the molecule is CCCn1cccc1CNCCC(C)NC(=O)OC(C)(C)C. The van der Waals surface area contributed by atoms with E-state index in [0.29, 0.717) is 0 Å². The lowest BCUT2D eigenvalue weighted by atomic mass is 10.2. The van der Waals surface area contributed by atoms with Crippen LogP contribution in [0.2, 0.25) is 0 Å². The van der Waals surface area contributed by atoms with Crippen LogP contribution in [0.5, 0.6) is 0 Å². The summed E-state index contributed by atoms with van der Waals surface area (Å²) in [5.41, 5.74) is 0.849. The number of amides is 1. The quantitative estimate of drug-likeness (QED) is 0.725. The summed E-state index contributed by atoms with van der Waals surface area (Å²) in [5, 5.41) is 6.28. The molecule has 5 heteroatoms. The van der Waals surface area contributed by atoms with Gasteiger partial charge in [0.1, 0.15) is 5.60 Å². The fraction of sp³-hybridized carbons (Fsp3) is 0.706. The number of aromatic nitrogens is 1. The lowest BCUT2D eigenvalue weighted by Crippen LogP contribution is -2.38. The summed E-state index contributed by atoms with van der Waals surface area (Å²) in [6.45, 7) is 12.5. The average Bonchev–Trinajstić information content (AvgIpc) is 2.80. The zero-order valence-corrected chi connectivity index (χ0v) is 14.6. The van der Waals surface area contributed by atoms with Crippen molar-refractivity contribution in [3.05, 3.63) is 24.0 Å². The van der Waals surface area contributed by atoms with Crippen molar-refractivity contribution in [2.24, 2.45) is 0 Å². The first-order valence-electron chi connectivity index (χ1n) is 8.16. The second kappa shape index (κ2) is 8.83. The van der Waals surface area contributed by atoms with Gasteiger partial charge in [-0.15, -0.1) is 0 Å². The summed E-state index contributed by atoms with van der Waals surface area (Å²) in [5.74, 6) is 0. The molecule has 0 bridgehead atoms. The van der Waals surface area contributed by atoms with Crippen LogP contribution in [0, 0.1) is 0 Å². The lowest BCUT2D eigenvalue weighted by molar-refractivity contribution is 0.0506. The smallest absolute Gasteiger partial charge is 0.407 e. The van der Waals surface area contributed by atoms with Gasteiger partial charge in [0.05, 0.1) is 0 Å². The molecule has 0 aromatic carbocycles. The Labute approximate surface area is 134 Å². The topological polar surface area (TPSA) is 55.3 Å². The van der Waals surface area contributed by atoms with Crippen LogP contribution in [0.1, 0.15) is 53.2 Å². The van der Waals surface area contributed by atoms with Crippen molar-refractivity contribution in [2.75, 3.05) is 6.54 Å². The molecule has 1 atom stereocenters. The summed E-state index contributed by atoms with van der Waals surface area (Å²) in [4.78, 5) is 11.6. The second-order valence-corrected chi connectivity index (χ2v) is 6.71. The number of ether oxygens (including phenoxy) is 1. The summed E-state index contributed by atoms with van der Waals surface area (Å²) in [6, 6.07) is 4.31. The minimum atomic E-state index is -0.452. The summed E-state index contributed by atoms with van der Waals surface area (Å²) >= 11 is 0. The standard InChI is InChI=1S/C17H31N3O2/c1-6-11-20-12-7-8-15(20)13-18-10-9-14(2)19-16(21)22-17(3,4)5/h7-8,12,14,18H,6,9-11,13H2,1-5H3,(H,19,21). The first-order valence-corrected chi connectivity index (χ1v) is 8.16. The van der Waals surface area contributed by atoms with Crippen LogP contribution in [0.15, 0.2) is 18.3 Å². The van der Waals surface area contributed by atoms with Crippen LogP contribution in [0.25, 0.3) is 0 Å². The van der Waals surface area contributed by atoms with Crippen LogP contribution in [0.4, 0.5) is 4.79 Å². The fourth-order valence-electron chi connectivity index (χ4n) is 2.18. The van der Waals surface area contributed by atoms with E-state index in [1.807, 2.05) is 27.7 Å². The van der Waals surface area contributed by atoms with Crippen molar-refractivity contribution in [2.45, 2.75) is 72.2 Å². The highest BCUT2D eigenvalue weighted by Gasteiger charge is 2.17. The Morgan fingerprint density at radius 3 is 2.77 bits per heavy atom. The van der Waals surface area contributed by atoms with E-state index in [0.717, 1.165) is 32.5 Å². The summed E-state index contributed by atoms with van der Waals surface area (Å²) in [7, 11) is 0. The predicted molar refractivity (Wildman–Crippen MR) is 89.9 cm³/mol. The molecule has 0 saturated heterocycles. The van der Waals surface area contributed by atoms with Gasteiger partial charge in [0.2, 0.25) is 0 Å². The lowest BCUT2D eigenvalue weighted by Gasteiger charge is -2.22. The van der Waals surface area contributed by atoms with Gasteiger partial charge >= 0.3 is 6.09 Å². The Kier molecular flexibility index (Phi) is 7.45. The van der Waals surface area contributed by atoms with Gasteiger partial charge in [0.25, 0.3) is 0 Å². The number of hydrogen-bond acceptors (Lipinski definition) is 3. The Morgan fingerprint density at radius 2 is 2.14 bits per heavy atom. The summed E-state index contributed by atoms with van der Waals surface area (Å²) in [6.07, 6.45) is 3.77. The highest BCUT2D eigenvalue weighted by atomic mass is 16.6. The maximum Gasteiger partial charge on any atom is 0.407 e. The zero-order valence-electron chi connectivity index (χ0n) is 14.6. The van der Waals surface area contributed by atoms with Crippen molar-refractivity contribution >= 4 is 6.09 Å². The molecule has 1 unspecified atom stereocenters. The molecule has 1 aromatic heterocycles. The van der Waals surface area contributed by atoms with Gasteiger partial charge in [-0.2, -0.15) is 0 Å². The van der Waals surface area contributed by atoms with Crippen LogP contribution in [-0.4, -0.2) is 28.8 Å². The zero-order chi connectivity index (χ0) is 16.6. The number of alkyl carbamates (subject to hydrolysis) is 1. The largest absolute Gasteiger partial charge is 0.444 e. The molecule has 1 rings (SSSR count). The van der Waals surface area contributed by atoms with Gasteiger partial charge in [0, 0.05) is 31.0 Å². The van der Waals surface area contributed by atoms with Gasteiger partial charge in [0.15, 0.2) is 0 Å². The van der Waals surface area contributed by atoms with E-state index in [1.165, 1.54) is 5.69 Å². The number of carbonyl (C=O) groups excluding carboxylic acids is 1. The Balaban J connectivity index is 2.21. The van der Waals surface area contributed by atoms with E-state index >= 15 is 0 Å². The number of carbonyl (C=O) groups is 1. The number of aryl methyl sites for hydroxylation is 1. The minimum Gasteiger partial charge on any atom is -0.444 e. The predicted octanol–water partition coefficient (Wildman–Crippen LogP) is 3.29. The molecule has 22 heavy (non-hydrogen) atoms. The third-order valence-electron chi connectivity index (χ3n) is 3.21. The fourth-order valence-corrected chi connectivity index (χ4v) is 2.18. The van der Waals surface area contributed by atoms with E-state index in [1.54, 1.807) is 0 Å².